The van der Waals surface area contributed by atoms with E-state index in [-0.39, 0.29) is 0 Å². The highest BCUT2D eigenvalue weighted by atomic mass is 32.2. The normalized spacial score (nSPS) is 11.4. The first-order valence-electron chi connectivity index (χ1n) is 4.32. The molecule has 0 aliphatic carbocycles. The third-order valence-electron chi connectivity index (χ3n) is 1.28. The zero-order valence-electron chi connectivity index (χ0n) is 9.04. The summed E-state index contributed by atoms with van der Waals surface area (Å²) in [5.74, 6) is 1.52. The van der Waals surface area contributed by atoms with Crippen LogP contribution in [0.15, 0.2) is 41.1 Å². The highest BCUT2D eigenvalue weighted by molar-refractivity contribution is 8.03. The Morgan fingerprint density at radius 3 is 2.43 bits per heavy atom. The molecule has 0 aliphatic rings. The largest absolute Gasteiger partial charge is 0.494 e. The van der Waals surface area contributed by atoms with E-state index in [0.717, 1.165) is 16.5 Å². The molecule has 0 unspecified atom stereocenters. The summed E-state index contributed by atoms with van der Waals surface area (Å²) in [6.45, 7) is 11.2. The predicted molar refractivity (Wildman–Crippen MR) is 65.7 cm³/mol. The van der Waals surface area contributed by atoms with E-state index in [9.17, 15) is 0 Å². The molecule has 0 radical (unpaired) electrons. The summed E-state index contributed by atoms with van der Waals surface area (Å²) in [5, 5.41) is 0.849. The number of nitrogens with zero attached hydrogens (tertiary/aromatic N) is 1. The predicted octanol–water partition coefficient (Wildman–Crippen LogP) is 3.39. The second kappa shape index (κ2) is 7.44. The lowest BCUT2D eigenvalue weighted by Gasteiger charge is -2.06. The van der Waals surface area contributed by atoms with Gasteiger partial charge >= 0.3 is 0 Å². The first kappa shape index (κ1) is 13.0. The molecule has 0 fully saturated rings. The third-order valence-corrected chi connectivity index (χ3v) is 2.25. The first-order chi connectivity index (χ1) is 6.65. The average molecular weight is 211 g/mol. The molecule has 0 saturated heterocycles. The minimum atomic E-state index is 0.707. The molecule has 14 heavy (non-hydrogen) atoms. The van der Waals surface area contributed by atoms with Gasteiger partial charge in [0.15, 0.2) is 0 Å². The van der Waals surface area contributed by atoms with Crippen molar-refractivity contribution in [2.24, 2.45) is 4.99 Å². The van der Waals surface area contributed by atoms with Gasteiger partial charge in [0, 0.05) is 11.5 Å². The van der Waals surface area contributed by atoms with E-state index in [1.165, 1.54) is 0 Å². The van der Waals surface area contributed by atoms with Gasteiger partial charge in [-0.1, -0.05) is 24.4 Å². The van der Waals surface area contributed by atoms with Crippen LogP contribution in [0.3, 0.4) is 0 Å². The molecule has 0 aliphatic heterocycles. The molecule has 0 rings (SSSR count). The molecule has 0 spiro atoms. The van der Waals surface area contributed by atoms with Gasteiger partial charge in [0.1, 0.15) is 10.8 Å². The van der Waals surface area contributed by atoms with E-state index in [2.05, 4.69) is 18.2 Å². The van der Waals surface area contributed by atoms with Gasteiger partial charge in [-0.3, -0.25) is 0 Å². The lowest BCUT2D eigenvalue weighted by atomic mass is 10.5. The average Bonchev–Trinajstić information content (AvgIpc) is 2.15. The summed E-state index contributed by atoms with van der Waals surface area (Å²) in [5.41, 5.74) is 0.993. The molecule has 0 N–H and O–H groups in total. The van der Waals surface area contributed by atoms with Crippen molar-refractivity contribution in [1.29, 1.82) is 0 Å². The second-order valence-corrected chi connectivity index (χ2v) is 3.75. The first-order valence-corrected chi connectivity index (χ1v) is 5.30. The van der Waals surface area contributed by atoms with Crippen molar-refractivity contribution in [3.05, 3.63) is 36.1 Å². The number of hydrogen-bond donors (Lipinski definition) is 0. The Hall–Kier alpha value is -0.960. The molecular formula is C11H17NOS. The quantitative estimate of drug-likeness (QED) is 0.291. The van der Waals surface area contributed by atoms with Crippen LogP contribution in [0.4, 0.5) is 0 Å². The summed E-state index contributed by atoms with van der Waals surface area (Å²) < 4.78 is 5.16. The molecule has 2 nitrogen and oxygen atoms in total. The van der Waals surface area contributed by atoms with Crippen LogP contribution >= 0.6 is 11.8 Å². The monoisotopic (exact) mass is 211 g/mol. The minimum absolute atomic E-state index is 0.707. The van der Waals surface area contributed by atoms with Crippen LogP contribution in [-0.4, -0.2) is 18.6 Å². The standard InChI is InChI=1S/C11H17NOS/c1-6-8-14-11(12-9(3)4)10(7-2)13-5/h6-7H,1-2,8H2,3-5H3. The molecule has 78 valence electrons. The molecule has 0 amide bonds. The van der Waals surface area contributed by atoms with E-state index in [1.807, 2.05) is 19.9 Å². The van der Waals surface area contributed by atoms with E-state index in [0.29, 0.717) is 5.76 Å². The highest BCUT2D eigenvalue weighted by Gasteiger charge is 2.02. The zero-order chi connectivity index (χ0) is 11.0. The van der Waals surface area contributed by atoms with Crippen molar-refractivity contribution < 1.29 is 4.74 Å². The maximum atomic E-state index is 5.16. The van der Waals surface area contributed by atoms with E-state index in [1.54, 1.807) is 24.9 Å². The molecule has 3 heteroatoms. The number of rotatable bonds is 6. The van der Waals surface area contributed by atoms with Gasteiger partial charge < -0.3 is 4.74 Å². The van der Waals surface area contributed by atoms with Crippen molar-refractivity contribution in [2.45, 2.75) is 13.8 Å². The molecule has 0 aromatic carbocycles. The maximum Gasteiger partial charge on any atom is 0.150 e. The molecule has 0 heterocycles. The summed E-state index contributed by atoms with van der Waals surface area (Å²) in [7, 11) is 1.62. The minimum Gasteiger partial charge on any atom is -0.494 e. The number of aliphatic imine (C=N–C) groups is 1. The summed E-state index contributed by atoms with van der Waals surface area (Å²) >= 11 is 1.58. The lowest BCUT2D eigenvalue weighted by molar-refractivity contribution is 0.305. The highest BCUT2D eigenvalue weighted by Crippen LogP contribution is 2.22. The van der Waals surface area contributed by atoms with Crippen LogP contribution in [0.5, 0.6) is 0 Å². The molecule has 0 aromatic rings. The Kier molecular flexibility index (Phi) is 6.93. The fraction of sp³-hybridized carbons (Fsp3) is 0.364. The molecular weight excluding hydrogens is 194 g/mol. The van der Waals surface area contributed by atoms with E-state index in [4.69, 9.17) is 4.74 Å². The van der Waals surface area contributed by atoms with Crippen molar-refractivity contribution in [3.8, 4) is 0 Å². The van der Waals surface area contributed by atoms with Gasteiger partial charge in [0.25, 0.3) is 0 Å². The SMILES string of the molecule is C=CCSC(N=C(C)C)=C(C=C)OC. The number of ether oxygens (including phenoxy) is 1. The summed E-state index contributed by atoms with van der Waals surface area (Å²) in [6.07, 6.45) is 3.50. The van der Waals surface area contributed by atoms with Crippen molar-refractivity contribution in [2.75, 3.05) is 12.9 Å². The zero-order valence-corrected chi connectivity index (χ0v) is 9.86. The molecule has 0 atom stereocenters. The van der Waals surface area contributed by atoms with Crippen LogP contribution in [-0.2, 0) is 4.74 Å². The van der Waals surface area contributed by atoms with Crippen LogP contribution in [0.1, 0.15) is 13.8 Å². The van der Waals surface area contributed by atoms with E-state index < -0.39 is 0 Å². The van der Waals surface area contributed by atoms with Crippen LogP contribution in [0, 0.1) is 0 Å². The molecule has 0 bridgehead atoms. The van der Waals surface area contributed by atoms with Gasteiger partial charge in [-0.05, 0) is 19.9 Å². The van der Waals surface area contributed by atoms with Crippen molar-refractivity contribution in [1.82, 2.24) is 0 Å². The molecule has 0 aromatic heterocycles. The van der Waals surface area contributed by atoms with Gasteiger partial charge in [-0.25, -0.2) is 4.99 Å². The van der Waals surface area contributed by atoms with Crippen LogP contribution in [0.25, 0.3) is 0 Å². The number of hydrogen-bond acceptors (Lipinski definition) is 3. The summed E-state index contributed by atoms with van der Waals surface area (Å²) in [6, 6.07) is 0. The van der Waals surface area contributed by atoms with Crippen LogP contribution < -0.4 is 0 Å². The maximum absolute atomic E-state index is 5.16. The number of allylic oxidation sites excluding steroid dienone is 1. The van der Waals surface area contributed by atoms with Gasteiger partial charge in [-0.15, -0.1) is 6.58 Å². The topological polar surface area (TPSA) is 21.6 Å². The fourth-order valence-corrected chi connectivity index (χ4v) is 1.59. The number of methoxy groups -OCH3 is 1. The smallest absolute Gasteiger partial charge is 0.150 e. The van der Waals surface area contributed by atoms with Crippen molar-refractivity contribution in [3.63, 3.8) is 0 Å². The van der Waals surface area contributed by atoms with Gasteiger partial charge in [-0.2, -0.15) is 0 Å². The van der Waals surface area contributed by atoms with Gasteiger partial charge in [0.2, 0.25) is 0 Å². The Balaban J connectivity index is 4.85. The second-order valence-electron chi connectivity index (χ2n) is 2.74. The fourth-order valence-electron chi connectivity index (χ4n) is 0.757. The van der Waals surface area contributed by atoms with E-state index >= 15 is 0 Å². The Bertz CT molecular complexity index is 262. The van der Waals surface area contributed by atoms with Crippen molar-refractivity contribution >= 4 is 17.5 Å². The Labute approximate surface area is 90.5 Å². The number of thioether (sulfide) groups is 1. The van der Waals surface area contributed by atoms with Gasteiger partial charge in [0.05, 0.1) is 7.11 Å². The molecule has 0 saturated carbocycles. The third kappa shape index (κ3) is 4.92. The Morgan fingerprint density at radius 1 is 1.43 bits per heavy atom. The Morgan fingerprint density at radius 2 is 2.07 bits per heavy atom. The summed E-state index contributed by atoms with van der Waals surface area (Å²) in [4.78, 5) is 4.37. The lowest BCUT2D eigenvalue weighted by Crippen LogP contribution is -1.90. The van der Waals surface area contributed by atoms with Crippen LogP contribution in [0.2, 0.25) is 0 Å².